The molecular formula is C15H19FN4O. The molecule has 112 valence electrons. The Balaban J connectivity index is 2.40. The zero-order chi connectivity index (χ0) is 15.4. The van der Waals surface area contributed by atoms with Gasteiger partial charge in [0, 0.05) is 19.7 Å². The van der Waals surface area contributed by atoms with Crippen LogP contribution < -0.4 is 15.0 Å². The topological polar surface area (TPSA) is 50.3 Å². The van der Waals surface area contributed by atoms with Crippen LogP contribution >= 0.6 is 0 Å². The van der Waals surface area contributed by atoms with Crippen LogP contribution in [-0.4, -0.2) is 31.2 Å². The van der Waals surface area contributed by atoms with Gasteiger partial charge >= 0.3 is 0 Å². The van der Waals surface area contributed by atoms with E-state index in [9.17, 15) is 4.39 Å². The first-order valence-corrected chi connectivity index (χ1v) is 6.64. The number of methoxy groups -OCH3 is 1. The first-order valence-electron chi connectivity index (χ1n) is 6.64. The molecule has 2 rings (SSSR count). The summed E-state index contributed by atoms with van der Waals surface area (Å²) in [7, 11) is 5.17. The maximum atomic E-state index is 13.9. The van der Waals surface area contributed by atoms with Gasteiger partial charge in [-0.2, -0.15) is 0 Å². The number of ether oxygens (including phenoxy) is 1. The van der Waals surface area contributed by atoms with Gasteiger partial charge in [-0.1, -0.05) is 18.2 Å². The smallest absolute Gasteiger partial charge is 0.204 e. The SMILES string of the molecule is CNc1ncnc(N(C)C(C)c2ccccc2F)c1OC. The highest BCUT2D eigenvalue weighted by Crippen LogP contribution is 2.35. The van der Waals surface area contributed by atoms with Gasteiger partial charge in [-0.3, -0.25) is 0 Å². The van der Waals surface area contributed by atoms with E-state index in [1.807, 2.05) is 24.9 Å². The van der Waals surface area contributed by atoms with Crippen LogP contribution in [0.25, 0.3) is 0 Å². The van der Waals surface area contributed by atoms with E-state index in [2.05, 4.69) is 15.3 Å². The molecule has 0 saturated heterocycles. The van der Waals surface area contributed by atoms with Crippen LogP contribution in [0.2, 0.25) is 0 Å². The van der Waals surface area contributed by atoms with Crippen molar-refractivity contribution in [1.29, 1.82) is 0 Å². The number of hydrogen-bond donors (Lipinski definition) is 1. The second-order valence-electron chi connectivity index (χ2n) is 4.64. The molecule has 1 atom stereocenters. The minimum Gasteiger partial charge on any atom is -0.490 e. The van der Waals surface area contributed by atoms with Gasteiger partial charge < -0.3 is 15.0 Å². The first kappa shape index (κ1) is 15.0. The van der Waals surface area contributed by atoms with Gasteiger partial charge in [-0.15, -0.1) is 0 Å². The van der Waals surface area contributed by atoms with E-state index in [4.69, 9.17) is 4.74 Å². The summed E-state index contributed by atoms with van der Waals surface area (Å²) in [6.45, 7) is 1.92. The summed E-state index contributed by atoms with van der Waals surface area (Å²) in [5.41, 5.74) is 0.603. The zero-order valence-electron chi connectivity index (χ0n) is 12.6. The Hall–Kier alpha value is -2.37. The molecule has 1 heterocycles. The van der Waals surface area contributed by atoms with Gasteiger partial charge in [0.1, 0.15) is 12.1 Å². The molecule has 1 aromatic heterocycles. The van der Waals surface area contributed by atoms with E-state index < -0.39 is 0 Å². The van der Waals surface area contributed by atoms with Crippen LogP contribution in [0, 0.1) is 5.82 Å². The van der Waals surface area contributed by atoms with Crippen molar-refractivity contribution in [3.63, 3.8) is 0 Å². The van der Waals surface area contributed by atoms with Crippen molar-refractivity contribution >= 4 is 11.6 Å². The van der Waals surface area contributed by atoms with Crippen LogP contribution in [0.15, 0.2) is 30.6 Å². The molecule has 0 amide bonds. The highest BCUT2D eigenvalue weighted by Gasteiger charge is 2.21. The lowest BCUT2D eigenvalue weighted by Gasteiger charge is -2.28. The number of anilines is 2. The number of nitrogens with one attached hydrogen (secondary N) is 1. The van der Waals surface area contributed by atoms with Crippen molar-refractivity contribution < 1.29 is 9.13 Å². The first-order chi connectivity index (χ1) is 10.1. The molecule has 0 aliphatic rings. The molecule has 5 nitrogen and oxygen atoms in total. The summed E-state index contributed by atoms with van der Waals surface area (Å²) in [6, 6.07) is 6.52. The third kappa shape index (κ3) is 2.89. The Bertz CT molecular complexity index is 620. The molecule has 2 aromatic rings. The summed E-state index contributed by atoms with van der Waals surface area (Å²) in [4.78, 5) is 10.2. The Labute approximate surface area is 123 Å². The summed E-state index contributed by atoms with van der Waals surface area (Å²) < 4.78 is 19.3. The zero-order valence-corrected chi connectivity index (χ0v) is 12.6. The lowest BCUT2D eigenvalue weighted by Crippen LogP contribution is -2.24. The fourth-order valence-corrected chi connectivity index (χ4v) is 2.19. The molecule has 0 aliphatic carbocycles. The predicted octanol–water partition coefficient (Wildman–Crippen LogP) is 2.86. The molecule has 0 fully saturated rings. The highest BCUT2D eigenvalue weighted by atomic mass is 19.1. The molecular weight excluding hydrogens is 271 g/mol. The predicted molar refractivity (Wildman–Crippen MR) is 81.3 cm³/mol. The number of aromatic nitrogens is 2. The van der Waals surface area contributed by atoms with Gasteiger partial charge in [0.05, 0.1) is 13.2 Å². The molecule has 0 spiro atoms. The number of nitrogens with zero attached hydrogens (tertiary/aromatic N) is 3. The van der Waals surface area contributed by atoms with E-state index in [1.54, 1.807) is 26.3 Å². The summed E-state index contributed by atoms with van der Waals surface area (Å²) in [5, 5.41) is 2.95. The second-order valence-corrected chi connectivity index (χ2v) is 4.64. The van der Waals surface area contributed by atoms with Gasteiger partial charge in [0.25, 0.3) is 0 Å². The van der Waals surface area contributed by atoms with Crippen molar-refractivity contribution in [3.05, 3.63) is 42.0 Å². The van der Waals surface area contributed by atoms with Crippen LogP contribution in [0.3, 0.4) is 0 Å². The Morgan fingerprint density at radius 3 is 2.62 bits per heavy atom. The molecule has 6 heteroatoms. The fraction of sp³-hybridized carbons (Fsp3) is 0.333. The number of hydrogen-bond acceptors (Lipinski definition) is 5. The average Bonchev–Trinajstić information content (AvgIpc) is 2.53. The summed E-state index contributed by atoms with van der Waals surface area (Å²) >= 11 is 0. The lowest BCUT2D eigenvalue weighted by atomic mass is 10.1. The molecule has 0 radical (unpaired) electrons. The number of rotatable bonds is 5. The second kappa shape index (κ2) is 6.39. The van der Waals surface area contributed by atoms with Crippen molar-refractivity contribution in [2.75, 3.05) is 31.4 Å². The standard InChI is InChI=1S/C15H19FN4O/c1-10(11-7-5-6-8-12(11)16)20(3)15-13(21-4)14(17-2)18-9-19-15/h5-10H,1-4H3,(H,17,18,19). The molecule has 0 aliphatic heterocycles. The average molecular weight is 290 g/mol. The van der Waals surface area contributed by atoms with Gasteiger partial charge in [0.2, 0.25) is 5.75 Å². The third-order valence-corrected chi connectivity index (χ3v) is 3.50. The van der Waals surface area contributed by atoms with E-state index in [0.29, 0.717) is 22.9 Å². The van der Waals surface area contributed by atoms with Crippen LogP contribution in [0.1, 0.15) is 18.5 Å². The van der Waals surface area contributed by atoms with Gasteiger partial charge in [-0.25, -0.2) is 14.4 Å². The summed E-state index contributed by atoms with van der Waals surface area (Å²) in [6.07, 6.45) is 1.45. The molecule has 0 saturated carbocycles. The minimum absolute atomic E-state index is 0.195. The molecule has 1 aromatic carbocycles. The quantitative estimate of drug-likeness (QED) is 0.917. The minimum atomic E-state index is -0.237. The lowest BCUT2D eigenvalue weighted by molar-refractivity contribution is 0.411. The van der Waals surface area contributed by atoms with Crippen LogP contribution in [0.4, 0.5) is 16.0 Å². The molecule has 0 bridgehead atoms. The van der Waals surface area contributed by atoms with Crippen molar-refractivity contribution in [2.24, 2.45) is 0 Å². The molecule has 1 unspecified atom stereocenters. The molecule has 1 N–H and O–H groups in total. The van der Waals surface area contributed by atoms with E-state index >= 15 is 0 Å². The highest BCUT2D eigenvalue weighted by molar-refractivity contribution is 5.64. The number of benzene rings is 1. The van der Waals surface area contributed by atoms with Crippen LogP contribution in [0.5, 0.6) is 5.75 Å². The van der Waals surface area contributed by atoms with E-state index in [-0.39, 0.29) is 11.9 Å². The van der Waals surface area contributed by atoms with Gasteiger partial charge in [-0.05, 0) is 13.0 Å². The van der Waals surface area contributed by atoms with E-state index in [1.165, 1.54) is 12.4 Å². The Morgan fingerprint density at radius 2 is 2.00 bits per heavy atom. The van der Waals surface area contributed by atoms with Crippen molar-refractivity contribution in [1.82, 2.24) is 9.97 Å². The fourth-order valence-electron chi connectivity index (χ4n) is 2.19. The maximum absolute atomic E-state index is 13.9. The van der Waals surface area contributed by atoms with Crippen molar-refractivity contribution in [2.45, 2.75) is 13.0 Å². The maximum Gasteiger partial charge on any atom is 0.204 e. The molecule has 21 heavy (non-hydrogen) atoms. The normalized spacial score (nSPS) is 11.9. The van der Waals surface area contributed by atoms with Crippen molar-refractivity contribution in [3.8, 4) is 5.75 Å². The van der Waals surface area contributed by atoms with Crippen LogP contribution in [-0.2, 0) is 0 Å². The number of halogens is 1. The summed E-state index contributed by atoms with van der Waals surface area (Å²) in [5.74, 6) is 1.49. The van der Waals surface area contributed by atoms with E-state index in [0.717, 1.165) is 0 Å². The Kier molecular flexibility index (Phi) is 4.57. The van der Waals surface area contributed by atoms with Gasteiger partial charge in [0.15, 0.2) is 11.6 Å². The monoisotopic (exact) mass is 290 g/mol. The Morgan fingerprint density at radius 1 is 1.29 bits per heavy atom. The largest absolute Gasteiger partial charge is 0.490 e. The third-order valence-electron chi connectivity index (χ3n) is 3.50.